The Morgan fingerprint density at radius 2 is 2.39 bits per heavy atom. The Hall–Kier alpha value is -0.750. The summed E-state index contributed by atoms with van der Waals surface area (Å²) >= 11 is 3.44. The molecule has 1 aliphatic heterocycles. The van der Waals surface area contributed by atoms with E-state index in [4.69, 9.17) is 0 Å². The second-order valence-electron chi connectivity index (χ2n) is 4.65. The highest BCUT2D eigenvalue weighted by Gasteiger charge is 2.18. The summed E-state index contributed by atoms with van der Waals surface area (Å²) in [6, 6.07) is 4.17. The number of hydrogen-bond acceptors (Lipinski definition) is 5. The van der Waals surface area contributed by atoms with Gasteiger partial charge in [-0.05, 0) is 30.8 Å². The normalized spacial score (nSPS) is 21.3. The Kier molecular flexibility index (Phi) is 3.75. The Morgan fingerprint density at radius 1 is 1.44 bits per heavy atom. The van der Waals surface area contributed by atoms with Gasteiger partial charge in [0.05, 0.1) is 16.7 Å². The van der Waals surface area contributed by atoms with Crippen LogP contribution in [-0.2, 0) is 6.54 Å². The van der Waals surface area contributed by atoms with E-state index < -0.39 is 0 Å². The van der Waals surface area contributed by atoms with Gasteiger partial charge in [-0.1, -0.05) is 6.07 Å². The number of aromatic nitrogens is 1. The summed E-state index contributed by atoms with van der Waals surface area (Å²) < 4.78 is 0. The van der Waals surface area contributed by atoms with E-state index in [1.165, 1.54) is 4.88 Å². The highest BCUT2D eigenvalue weighted by molar-refractivity contribution is 7.20. The Labute approximate surface area is 115 Å². The molecule has 1 saturated heterocycles. The highest BCUT2D eigenvalue weighted by atomic mass is 32.1. The van der Waals surface area contributed by atoms with E-state index in [9.17, 15) is 5.11 Å². The van der Waals surface area contributed by atoms with Crippen LogP contribution in [0.4, 0.5) is 0 Å². The van der Waals surface area contributed by atoms with E-state index in [0.29, 0.717) is 0 Å². The summed E-state index contributed by atoms with van der Waals surface area (Å²) in [7, 11) is 0. The van der Waals surface area contributed by atoms with Crippen molar-refractivity contribution in [2.75, 3.05) is 13.1 Å². The maximum Gasteiger partial charge on any atom is 0.133 e. The fraction of sp³-hybridized carbons (Fsp3) is 0.462. The van der Waals surface area contributed by atoms with Crippen molar-refractivity contribution in [1.82, 2.24) is 9.88 Å². The molecule has 0 amide bonds. The van der Waals surface area contributed by atoms with Crippen LogP contribution in [0.1, 0.15) is 18.5 Å². The molecule has 1 N–H and O–H groups in total. The fourth-order valence-electron chi connectivity index (χ4n) is 2.30. The third kappa shape index (κ3) is 2.80. The van der Waals surface area contributed by atoms with Gasteiger partial charge in [-0.2, -0.15) is 0 Å². The van der Waals surface area contributed by atoms with Gasteiger partial charge in [0.25, 0.3) is 0 Å². The first-order valence-corrected chi connectivity index (χ1v) is 7.96. The fourth-order valence-corrected chi connectivity index (χ4v) is 3.92. The number of nitrogens with zero attached hydrogens (tertiary/aromatic N) is 2. The van der Waals surface area contributed by atoms with E-state index in [1.54, 1.807) is 22.7 Å². The smallest absolute Gasteiger partial charge is 0.133 e. The topological polar surface area (TPSA) is 36.4 Å². The maximum absolute atomic E-state index is 9.66. The predicted molar refractivity (Wildman–Crippen MR) is 75.9 cm³/mol. The molecule has 0 aromatic carbocycles. The second kappa shape index (κ2) is 5.48. The second-order valence-corrected chi connectivity index (χ2v) is 6.46. The molecule has 0 saturated carbocycles. The predicted octanol–water partition coefficient (Wildman–Crippen LogP) is 2.83. The van der Waals surface area contributed by atoms with E-state index in [-0.39, 0.29) is 6.10 Å². The highest BCUT2D eigenvalue weighted by Crippen LogP contribution is 2.28. The lowest BCUT2D eigenvalue weighted by atomic mass is 10.1. The van der Waals surface area contributed by atoms with Crippen molar-refractivity contribution in [3.63, 3.8) is 0 Å². The number of β-amino-alcohol motifs (C(OH)–C–C–N with tert-alkyl or cyclic N) is 1. The minimum Gasteiger partial charge on any atom is -0.392 e. The van der Waals surface area contributed by atoms with Crippen LogP contribution in [0.2, 0.25) is 0 Å². The molecule has 2 aromatic heterocycles. The SMILES string of the molecule is O[C@H]1CCCN(Cc2csc(-c3cccs3)n2)C1. The monoisotopic (exact) mass is 280 g/mol. The van der Waals surface area contributed by atoms with Crippen LogP contribution in [-0.4, -0.2) is 34.2 Å². The average Bonchev–Trinajstić information content (AvgIpc) is 2.98. The van der Waals surface area contributed by atoms with Crippen molar-refractivity contribution in [1.29, 1.82) is 0 Å². The maximum atomic E-state index is 9.66. The zero-order valence-corrected chi connectivity index (χ0v) is 11.7. The number of thiazole rings is 1. The number of aliphatic hydroxyl groups excluding tert-OH is 1. The Bertz CT molecular complexity index is 495. The molecule has 0 aliphatic carbocycles. The van der Waals surface area contributed by atoms with Gasteiger partial charge < -0.3 is 5.11 Å². The molecule has 0 radical (unpaired) electrons. The first-order chi connectivity index (χ1) is 8.81. The largest absolute Gasteiger partial charge is 0.392 e. The summed E-state index contributed by atoms with van der Waals surface area (Å²) in [4.78, 5) is 8.21. The summed E-state index contributed by atoms with van der Waals surface area (Å²) in [6.07, 6.45) is 1.87. The molecule has 3 heterocycles. The van der Waals surface area contributed by atoms with Gasteiger partial charge in [0, 0.05) is 18.5 Å². The first kappa shape index (κ1) is 12.3. The lowest BCUT2D eigenvalue weighted by Gasteiger charge is -2.29. The standard InChI is InChI=1S/C13H16N2OS2/c16-11-3-1-5-15(8-11)7-10-9-18-13(14-10)12-4-2-6-17-12/h2,4,6,9,11,16H,1,3,5,7-8H2/t11-/m0/s1. The van der Waals surface area contributed by atoms with E-state index in [2.05, 4.69) is 32.8 Å². The average molecular weight is 280 g/mol. The van der Waals surface area contributed by atoms with Gasteiger partial charge in [0.15, 0.2) is 0 Å². The number of likely N-dealkylation sites (tertiary alicyclic amines) is 1. The van der Waals surface area contributed by atoms with Gasteiger partial charge in [-0.25, -0.2) is 4.98 Å². The van der Waals surface area contributed by atoms with Crippen molar-refractivity contribution in [2.24, 2.45) is 0 Å². The summed E-state index contributed by atoms with van der Waals surface area (Å²) in [5, 5.41) is 15.0. The van der Waals surface area contributed by atoms with Crippen LogP contribution < -0.4 is 0 Å². The first-order valence-electron chi connectivity index (χ1n) is 6.20. The van der Waals surface area contributed by atoms with Gasteiger partial charge in [-0.15, -0.1) is 22.7 Å². The summed E-state index contributed by atoms with van der Waals surface area (Å²) in [5.74, 6) is 0. The van der Waals surface area contributed by atoms with Crippen LogP contribution in [0.15, 0.2) is 22.9 Å². The lowest BCUT2D eigenvalue weighted by Crippen LogP contribution is -2.37. The molecule has 1 aliphatic rings. The lowest BCUT2D eigenvalue weighted by molar-refractivity contribution is 0.0663. The number of thiophene rings is 1. The van der Waals surface area contributed by atoms with Crippen molar-refractivity contribution in [3.05, 3.63) is 28.6 Å². The minimum absolute atomic E-state index is 0.158. The molecule has 0 spiro atoms. The molecule has 1 fully saturated rings. The number of hydrogen-bond donors (Lipinski definition) is 1. The van der Waals surface area contributed by atoms with E-state index in [1.807, 2.05) is 0 Å². The van der Waals surface area contributed by atoms with E-state index >= 15 is 0 Å². The Morgan fingerprint density at radius 3 is 3.17 bits per heavy atom. The van der Waals surface area contributed by atoms with Crippen LogP contribution >= 0.6 is 22.7 Å². The number of aliphatic hydroxyl groups is 1. The third-order valence-electron chi connectivity index (χ3n) is 3.15. The van der Waals surface area contributed by atoms with Crippen molar-refractivity contribution in [3.8, 4) is 9.88 Å². The minimum atomic E-state index is -0.158. The quantitative estimate of drug-likeness (QED) is 0.939. The van der Waals surface area contributed by atoms with Crippen molar-refractivity contribution < 1.29 is 5.11 Å². The zero-order chi connectivity index (χ0) is 12.4. The van der Waals surface area contributed by atoms with Gasteiger partial charge in [-0.3, -0.25) is 4.90 Å². The molecule has 96 valence electrons. The Balaban J connectivity index is 1.66. The summed E-state index contributed by atoms with van der Waals surface area (Å²) in [6.45, 7) is 2.72. The molecule has 18 heavy (non-hydrogen) atoms. The molecule has 1 atom stereocenters. The molecule has 5 heteroatoms. The van der Waals surface area contributed by atoms with Crippen LogP contribution in [0.3, 0.4) is 0 Å². The summed E-state index contributed by atoms with van der Waals surface area (Å²) in [5.41, 5.74) is 1.12. The zero-order valence-electron chi connectivity index (χ0n) is 10.1. The van der Waals surface area contributed by atoms with Crippen LogP contribution in [0.25, 0.3) is 9.88 Å². The van der Waals surface area contributed by atoms with Gasteiger partial charge >= 0.3 is 0 Å². The van der Waals surface area contributed by atoms with E-state index in [0.717, 1.165) is 43.2 Å². The van der Waals surface area contributed by atoms with Crippen molar-refractivity contribution >= 4 is 22.7 Å². The molecule has 2 aromatic rings. The van der Waals surface area contributed by atoms with Gasteiger partial charge in [0.1, 0.15) is 5.01 Å². The number of piperidine rings is 1. The molecule has 3 nitrogen and oxygen atoms in total. The van der Waals surface area contributed by atoms with Crippen molar-refractivity contribution in [2.45, 2.75) is 25.5 Å². The van der Waals surface area contributed by atoms with Crippen LogP contribution in [0, 0.1) is 0 Å². The molecule has 0 bridgehead atoms. The molecule has 0 unspecified atom stereocenters. The van der Waals surface area contributed by atoms with Crippen LogP contribution in [0.5, 0.6) is 0 Å². The molecule has 3 rings (SSSR count). The number of rotatable bonds is 3. The van der Waals surface area contributed by atoms with Gasteiger partial charge in [0.2, 0.25) is 0 Å². The molecular formula is C13H16N2OS2. The molecular weight excluding hydrogens is 264 g/mol. The third-order valence-corrected chi connectivity index (χ3v) is 5.08.